The molecule has 41 heavy (non-hydrogen) atoms. The zero-order valence-electron chi connectivity index (χ0n) is 21.0. The number of amides is 2. The van der Waals surface area contributed by atoms with E-state index in [9.17, 15) is 44.7 Å². The fraction of sp³-hybridized carbons (Fsp3) is 0.115. The molecule has 3 aromatic rings. The number of non-ortho nitro benzene ring substituents is 1. The molecule has 0 aliphatic carbocycles. The van der Waals surface area contributed by atoms with Crippen LogP contribution in [-0.4, -0.2) is 51.1 Å². The van der Waals surface area contributed by atoms with E-state index in [1.165, 1.54) is 55.7 Å². The Labute approximate surface area is 229 Å². The molecule has 0 spiro atoms. The molecule has 0 unspecified atom stereocenters. The number of fused-ring (bicyclic) bond motifs is 1. The van der Waals surface area contributed by atoms with E-state index in [4.69, 9.17) is 9.47 Å². The number of methoxy groups -OCH3 is 1. The van der Waals surface area contributed by atoms with Crippen molar-refractivity contribution in [2.45, 2.75) is 6.42 Å². The van der Waals surface area contributed by atoms with Gasteiger partial charge in [0, 0.05) is 18.7 Å². The largest absolute Gasteiger partial charge is 0.493 e. The summed E-state index contributed by atoms with van der Waals surface area (Å²) >= 11 is 0. The van der Waals surface area contributed by atoms with E-state index >= 15 is 0 Å². The monoisotopic (exact) mass is 562 g/mol. The summed E-state index contributed by atoms with van der Waals surface area (Å²) in [6, 6.07) is 11.3. The Morgan fingerprint density at radius 3 is 2.24 bits per heavy atom. The standard InChI is InChI=1S/C26H18N4O11/c1-40-22-13-15(5-7-16-8-9-17(28(34)35)14-20(16)30(38)39)6-10-21(22)41-23(31)11-12-27-25(32)18-3-2-4-19(29(36)37)24(18)26(27)33/h2-10,13-14H,11-12H2,1H3/b7-5+. The number of nitro benzene ring substituents is 3. The Morgan fingerprint density at radius 1 is 0.854 bits per heavy atom. The van der Waals surface area contributed by atoms with Gasteiger partial charge in [-0.2, -0.15) is 0 Å². The summed E-state index contributed by atoms with van der Waals surface area (Å²) in [4.78, 5) is 69.8. The molecule has 0 N–H and O–H groups in total. The summed E-state index contributed by atoms with van der Waals surface area (Å²) in [5, 5.41) is 33.5. The van der Waals surface area contributed by atoms with Gasteiger partial charge in [0.15, 0.2) is 11.5 Å². The molecule has 0 bridgehead atoms. The Morgan fingerprint density at radius 2 is 1.59 bits per heavy atom. The minimum absolute atomic E-state index is 0.00830. The number of hydrogen-bond acceptors (Lipinski definition) is 11. The molecule has 0 fully saturated rings. The van der Waals surface area contributed by atoms with E-state index in [-0.39, 0.29) is 34.7 Å². The van der Waals surface area contributed by atoms with Crippen molar-refractivity contribution in [2.24, 2.45) is 0 Å². The lowest BCUT2D eigenvalue weighted by Gasteiger charge is -2.14. The normalized spacial score (nSPS) is 12.4. The summed E-state index contributed by atoms with van der Waals surface area (Å²) in [7, 11) is 1.31. The van der Waals surface area contributed by atoms with Gasteiger partial charge in [-0.3, -0.25) is 49.6 Å². The fourth-order valence-corrected chi connectivity index (χ4v) is 4.05. The minimum atomic E-state index is -0.882. The number of ether oxygens (including phenoxy) is 2. The molecule has 0 radical (unpaired) electrons. The number of nitro groups is 3. The molecule has 208 valence electrons. The number of nitrogens with zero attached hydrogens (tertiary/aromatic N) is 4. The van der Waals surface area contributed by atoms with Gasteiger partial charge < -0.3 is 9.47 Å². The lowest BCUT2D eigenvalue weighted by molar-refractivity contribution is -0.394. The highest BCUT2D eigenvalue weighted by Gasteiger charge is 2.40. The van der Waals surface area contributed by atoms with Crippen LogP contribution in [0, 0.1) is 30.3 Å². The third kappa shape index (κ3) is 5.73. The van der Waals surface area contributed by atoms with Crippen LogP contribution in [0.2, 0.25) is 0 Å². The quantitative estimate of drug-likeness (QED) is 0.0856. The molecule has 15 nitrogen and oxygen atoms in total. The van der Waals surface area contributed by atoms with Crippen LogP contribution in [-0.2, 0) is 4.79 Å². The van der Waals surface area contributed by atoms with Gasteiger partial charge in [-0.1, -0.05) is 18.2 Å². The first-order valence-corrected chi connectivity index (χ1v) is 11.6. The molecule has 1 aliphatic heterocycles. The van der Waals surface area contributed by atoms with E-state index in [0.29, 0.717) is 5.56 Å². The summed E-state index contributed by atoms with van der Waals surface area (Å²) in [6.45, 7) is -0.376. The van der Waals surface area contributed by atoms with Gasteiger partial charge in [-0.25, -0.2) is 0 Å². The average molecular weight is 562 g/mol. The Hall–Kier alpha value is -5.99. The summed E-state index contributed by atoms with van der Waals surface area (Å²) < 4.78 is 10.6. The van der Waals surface area contributed by atoms with Crippen molar-refractivity contribution in [3.8, 4) is 11.5 Å². The van der Waals surface area contributed by atoms with Crippen LogP contribution in [0.1, 0.15) is 38.3 Å². The predicted octanol–water partition coefficient (Wildman–Crippen LogP) is 4.18. The number of carbonyl (C=O) groups excluding carboxylic acids is 3. The highest BCUT2D eigenvalue weighted by Crippen LogP contribution is 2.32. The van der Waals surface area contributed by atoms with Gasteiger partial charge in [-0.15, -0.1) is 0 Å². The van der Waals surface area contributed by atoms with E-state index < -0.39 is 56.0 Å². The maximum atomic E-state index is 12.7. The van der Waals surface area contributed by atoms with E-state index in [2.05, 4.69) is 0 Å². The maximum Gasteiger partial charge on any atom is 0.313 e. The van der Waals surface area contributed by atoms with Gasteiger partial charge in [0.05, 0.1) is 45.5 Å². The number of rotatable bonds is 10. The molecule has 3 aromatic carbocycles. The SMILES string of the molecule is COc1cc(/C=C/c2ccc([N+](=O)[O-])cc2[N+](=O)[O-])ccc1OC(=O)CCN1C(=O)c2cccc([N+](=O)[O-])c2C1=O. The average Bonchev–Trinajstić information content (AvgIpc) is 3.19. The number of benzene rings is 3. The molecule has 0 aromatic heterocycles. The van der Waals surface area contributed by atoms with Gasteiger partial charge >= 0.3 is 5.97 Å². The number of imide groups is 1. The van der Waals surface area contributed by atoms with Crippen LogP contribution >= 0.6 is 0 Å². The van der Waals surface area contributed by atoms with Gasteiger partial charge in [-0.05, 0) is 35.9 Å². The summed E-state index contributed by atoms with van der Waals surface area (Å²) in [5.74, 6) is -2.33. The fourth-order valence-electron chi connectivity index (χ4n) is 4.05. The Balaban J connectivity index is 1.44. The Bertz CT molecular complexity index is 1670. The first-order valence-electron chi connectivity index (χ1n) is 11.6. The summed E-state index contributed by atoms with van der Waals surface area (Å²) in [6.07, 6.45) is 2.46. The second kappa shape index (κ2) is 11.4. The van der Waals surface area contributed by atoms with Crippen molar-refractivity contribution in [1.82, 2.24) is 4.90 Å². The lowest BCUT2D eigenvalue weighted by Crippen LogP contribution is -2.32. The van der Waals surface area contributed by atoms with Crippen molar-refractivity contribution in [2.75, 3.05) is 13.7 Å². The second-order valence-corrected chi connectivity index (χ2v) is 8.44. The lowest BCUT2D eigenvalue weighted by atomic mass is 10.1. The highest BCUT2D eigenvalue weighted by atomic mass is 16.6. The topological polar surface area (TPSA) is 202 Å². The van der Waals surface area contributed by atoms with Crippen LogP contribution in [0.3, 0.4) is 0 Å². The first kappa shape index (κ1) is 28.0. The van der Waals surface area contributed by atoms with Crippen LogP contribution < -0.4 is 9.47 Å². The number of esters is 1. The molecule has 0 saturated carbocycles. The van der Waals surface area contributed by atoms with Crippen LogP contribution in [0.15, 0.2) is 54.6 Å². The molecule has 4 rings (SSSR count). The number of carbonyl (C=O) groups is 3. The van der Waals surface area contributed by atoms with Crippen LogP contribution in [0.25, 0.3) is 12.2 Å². The van der Waals surface area contributed by atoms with Crippen molar-refractivity contribution in [1.29, 1.82) is 0 Å². The highest BCUT2D eigenvalue weighted by molar-refractivity contribution is 6.23. The summed E-state index contributed by atoms with van der Waals surface area (Å²) in [5.41, 5.74) is -1.24. The molecule has 0 saturated heterocycles. The molecule has 1 aliphatic rings. The molecule has 2 amide bonds. The predicted molar refractivity (Wildman–Crippen MR) is 140 cm³/mol. The van der Waals surface area contributed by atoms with Crippen molar-refractivity contribution < 1.29 is 38.6 Å². The smallest absolute Gasteiger partial charge is 0.313 e. The zero-order chi connectivity index (χ0) is 29.8. The van der Waals surface area contributed by atoms with Gasteiger partial charge in [0.25, 0.3) is 28.9 Å². The maximum absolute atomic E-state index is 12.7. The minimum Gasteiger partial charge on any atom is -0.493 e. The van der Waals surface area contributed by atoms with Crippen molar-refractivity contribution in [3.63, 3.8) is 0 Å². The Kier molecular flexibility index (Phi) is 7.80. The van der Waals surface area contributed by atoms with E-state index in [1.807, 2.05) is 0 Å². The molecular formula is C26H18N4O11. The third-order valence-electron chi connectivity index (χ3n) is 6.00. The van der Waals surface area contributed by atoms with Crippen molar-refractivity contribution >= 4 is 47.0 Å². The van der Waals surface area contributed by atoms with E-state index in [0.717, 1.165) is 23.1 Å². The van der Waals surface area contributed by atoms with E-state index in [1.54, 1.807) is 0 Å². The third-order valence-corrected chi connectivity index (χ3v) is 6.00. The molecule has 15 heteroatoms. The zero-order valence-corrected chi connectivity index (χ0v) is 21.0. The molecule has 1 heterocycles. The van der Waals surface area contributed by atoms with Gasteiger partial charge in [0.1, 0.15) is 5.56 Å². The second-order valence-electron chi connectivity index (χ2n) is 8.44. The number of hydrogen-bond donors (Lipinski definition) is 0. The van der Waals surface area contributed by atoms with Gasteiger partial charge in [0.2, 0.25) is 0 Å². The van der Waals surface area contributed by atoms with Crippen molar-refractivity contribution in [3.05, 3.63) is 107 Å². The molecule has 0 atom stereocenters. The first-order chi connectivity index (χ1) is 19.5. The van der Waals surface area contributed by atoms with Crippen LogP contribution in [0.5, 0.6) is 11.5 Å². The van der Waals surface area contributed by atoms with Crippen LogP contribution in [0.4, 0.5) is 17.1 Å². The molecular weight excluding hydrogens is 544 g/mol.